The Kier molecular flexibility index (Phi) is 12.8. The molecule has 12 heteroatoms. The van der Waals surface area contributed by atoms with Crippen LogP contribution in [-0.4, -0.2) is 114 Å². The second-order valence-electron chi connectivity index (χ2n) is 9.82. The van der Waals surface area contributed by atoms with Gasteiger partial charge in [-0.15, -0.1) is 0 Å². The van der Waals surface area contributed by atoms with Crippen molar-refractivity contribution in [1.82, 2.24) is 0 Å². The molecule has 3 fully saturated rings. The molecule has 0 saturated carbocycles. The minimum Gasteiger partial charge on any atom is -0.385 e. The summed E-state index contributed by atoms with van der Waals surface area (Å²) in [4.78, 5) is 0. The van der Waals surface area contributed by atoms with Gasteiger partial charge >= 0.3 is 0 Å². The fraction of sp³-hybridized carbons (Fsp3) is 0.769. The zero-order valence-electron chi connectivity index (χ0n) is 22.9. The molecular weight excluding hydrogens is 715 g/mol. The molecule has 1 N–H and O–H groups in total. The van der Waals surface area contributed by atoms with Crippen molar-refractivity contribution in [2.45, 2.75) is 87.7 Å². The van der Waals surface area contributed by atoms with E-state index in [-0.39, 0.29) is 57.3 Å². The Hall–Kier alpha value is 0.222. The molecule has 4 unspecified atom stereocenters. The molecule has 3 heterocycles. The van der Waals surface area contributed by atoms with Gasteiger partial charge in [-0.25, -0.2) is 0 Å². The number of hydrogen-bond donors (Lipinski definition) is 1. The fourth-order valence-electron chi connectivity index (χ4n) is 5.10. The van der Waals surface area contributed by atoms with Crippen molar-refractivity contribution >= 4 is 0 Å². The first kappa shape index (κ1) is 32.7. The summed E-state index contributed by atoms with van der Waals surface area (Å²) in [5, 5.41) is 11.2. The monoisotopic (exact) mass is 755 g/mol. The van der Waals surface area contributed by atoms with E-state index in [2.05, 4.69) is 0 Å². The van der Waals surface area contributed by atoms with Crippen LogP contribution in [0.15, 0.2) is 30.3 Å². The van der Waals surface area contributed by atoms with Crippen molar-refractivity contribution in [3.05, 3.63) is 35.9 Å². The number of rotatable bonds is 10. The molecule has 0 aliphatic carbocycles. The quantitative estimate of drug-likeness (QED) is 0.373. The third-order valence-electron chi connectivity index (χ3n) is 6.90. The van der Waals surface area contributed by atoms with Gasteiger partial charge < -0.3 is 52.5 Å². The SMILES string of the molecule is COCC1O[C@H](OC)C(OCc2ccccc2)[C@@H](OC)[C@@H]1O[C@H]1O[C@H]2COC(C)(C)O[C@H]2C(OC)C1O.[Ac]. The molecule has 3 aliphatic rings. The van der Waals surface area contributed by atoms with Crippen molar-refractivity contribution in [1.29, 1.82) is 0 Å². The van der Waals surface area contributed by atoms with Gasteiger partial charge in [0.1, 0.15) is 48.8 Å². The van der Waals surface area contributed by atoms with Gasteiger partial charge in [0, 0.05) is 72.5 Å². The number of aliphatic hydroxyl groups excluding tert-OH is 1. The number of aliphatic hydroxyl groups is 1. The Labute approximate surface area is 260 Å². The van der Waals surface area contributed by atoms with Crippen molar-refractivity contribution in [3.8, 4) is 0 Å². The van der Waals surface area contributed by atoms with E-state index in [1.165, 1.54) is 7.11 Å². The normalized spacial score (nSPS) is 38.7. The number of hydrogen-bond acceptors (Lipinski definition) is 11. The van der Waals surface area contributed by atoms with Crippen molar-refractivity contribution < 1.29 is 96.5 Å². The Morgan fingerprint density at radius 3 is 2.24 bits per heavy atom. The first-order valence-corrected chi connectivity index (χ1v) is 12.5. The van der Waals surface area contributed by atoms with Gasteiger partial charge in [-0.1, -0.05) is 30.3 Å². The number of benzene rings is 1. The predicted molar refractivity (Wildman–Crippen MR) is 129 cm³/mol. The molecule has 0 aromatic heterocycles. The maximum Gasteiger partial charge on any atom is 0.187 e. The minimum atomic E-state index is -1.15. The van der Waals surface area contributed by atoms with Crippen LogP contribution in [-0.2, 0) is 54.0 Å². The van der Waals surface area contributed by atoms with E-state index < -0.39 is 67.2 Å². The van der Waals surface area contributed by atoms with E-state index in [9.17, 15) is 5.11 Å². The van der Waals surface area contributed by atoms with Gasteiger partial charge in [0.25, 0.3) is 0 Å². The molecule has 1 radical (unpaired) electrons. The zero-order chi connectivity index (χ0) is 26.6. The van der Waals surface area contributed by atoms with Crippen LogP contribution in [0.3, 0.4) is 0 Å². The summed E-state index contributed by atoms with van der Waals surface area (Å²) in [5.74, 6) is -0.824. The molecule has 0 amide bonds. The Balaban J connectivity index is 0.00000400. The van der Waals surface area contributed by atoms with Crippen molar-refractivity contribution in [2.75, 3.05) is 41.7 Å². The van der Waals surface area contributed by atoms with E-state index >= 15 is 0 Å². The molecule has 0 bridgehead atoms. The second-order valence-corrected chi connectivity index (χ2v) is 9.82. The number of methoxy groups -OCH3 is 4. The molecule has 213 valence electrons. The molecular formula is C26H40AcO11. The van der Waals surface area contributed by atoms with E-state index in [1.54, 1.807) is 21.3 Å². The van der Waals surface area contributed by atoms with Crippen molar-refractivity contribution in [2.24, 2.45) is 0 Å². The minimum absolute atomic E-state index is 0. The first-order chi connectivity index (χ1) is 17.8. The zero-order valence-corrected chi connectivity index (χ0v) is 27.6. The molecule has 3 aliphatic heterocycles. The van der Waals surface area contributed by atoms with Crippen LogP contribution in [0.2, 0.25) is 0 Å². The van der Waals surface area contributed by atoms with E-state index in [0.717, 1.165) is 5.56 Å². The van der Waals surface area contributed by atoms with Crippen LogP contribution in [0.5, 0.6) is 0 Å². The fourth-order valence-corrected chi connectivity index (χ4v) is 5.10. The van der Waals surface area contributed by atoms with Gasteiger partial charge in [0.2, 0.25) is 0 Å². The van der Waals surface area contributed by atoms with Gasteiger partial charge in [0.05, 0.1) is 19.8 Å². The van der Waals surface area contributed by atoms with E-state index in [0.29, 0.717) is 6.61 Å². The van der Waals surface area contributed by atoms with Crippen molar-refractivity contribution in [3.63, 3.8) is 0 Å². The van der Waals surface area contributed by atoms with Gasteiger partial charge in [-0.2, -0.15) is 0 Å². The molecule has 3 saturated heterocycles. The number of ether oxygens (including phenoxy) is 10. The summed E-state index contributed by atoms with van der Waals surface area (Å²) in [7, 11) is 6.20. The van der Waals surface area contributed by atoms with Crippen LogP contribution >= 0.6 is 0 Å². The smallest absolute Gasteiger partial charge is 0.187 e. The second kappa shape index (κ2) is 14.9. The molecule has 1 aromatic rings. The summed E-state index contributed by atoms with van der Waals surface area (Å²) in [6, 6.07) is 9.77. The standard InChI is InChI=1S/C26H40O11.Ac/c1-26(2)33-14-17-20(37-26)21(29-4)18(27)24(34-17)36-19-16(13-28-3)35-25(31-6)23(22(19)30-5)32-12-15-10-8-7-9-11-15;/h7-11,16-25,27H,12-14H2,1-6H3;/t16?,17-,18?,19+,20+,21?,22-,23?,24+,25-;/m0./s1. The molecule has 1 aromatic carbocycles. The first-order valence-electron chi connectivity index (χ1n) is 12.5. The Morgan fingerprint density at radius 2 is 1.61 bits per heavy atom. The summed E-state index contributed by atoms with van der Waals surface area (Å²) in [5.41, 5.74) is 0.990. The van der Waals surface area contributed by atoms with Crippen LogP contribution in [0.25, 0.3) is 0 Å². The topological polar surface area (TPSA) is 113 Å². The molecule has 0 spiro atoms. The average Bonchev–Trinajstić information content (AvgIpc) is 2.89. The summed E-state index contributed by atoms with van der Waals surface area (Å²) >= 11 is 0. The van der Waals surface area contributed by atoms with Gasteiger partial charge in [-0.05, 0) is 19.4 Å². The predicted octanol–water partition coefficient (Wildman–Crippen LogP) is 1.24. The third-order valence-corrected chi connectivity index (χ3v) is 6.90. The van der Waals surface area contributed by atoms with Crippen LogP contribution in [0.4, 0.5) is 0 Å². The summed E-state index contributed by atoms with van der Waals surface area (Å²) in [6.07, 6.45) is -7.27. The van der Waals surface area contributed by atoms with E-state index in [1.807, 2.05) is 44.2 Å². The largest absolute Gasteiger partial charge is 0.385 e. The van der Waals surface area contributed by atoms with Crippen LogP contribution in [0, 0.1) is 44.1 Å². The maximum atomic E-state index is 11.2. The summed E-state index contributed by atoms with van der Waals surface area (Å²) in [6.45, 7) is 4.39. The van der Waals surface area contributed by atoms with Gasteiger partial charge in [0.15, 0.2) is 18.4 Å². The Bertz CT molecular complexity index is 831. The third kappa shape index (κ3) is 7.54. The molecule has 4 rings (SSSR count). The average molecular weight is 756 g/mol. The summed E-state index contributed by atoms with van der Waals surface area (Å²) < 4.78 is 59.3. The van der Waals surface area contributed by atoms with Crippen LogP contribution in [0.1, 0.15) is 19.4 Å². The van der Waals surface area contributed by atoms with Crippen LogP contribution < -0.4 is 0 Å². The Morgan fingerprint density at radius 1 is 0.895 bits per heavy atom. The number of fused-ring (bicyclic) bond motifs is 1. The molecule has 38 heavy (non-hydrogen) atoms. The van der Waals surface area contributed by atoms with Gasteiger partial charge in [-0.3, -0.25) is 0 Å². The maximum absolute atomic E-state index is 11.2. The molecule has 10 atom stereocenters. The van der Waals surface area contributed by atoms with E-state index in [4.69, 9.17) is 47.4 Å². The molecule has 11 nitrogen and oxygen atoms in total.